The van der Waals surface area contributed by atoms with E-state index in [0.29, 0.717) is 18.2 Å². The molecule has 1 amide bonds. The van der Waals surface area contributed by atoms with Gasteiger partial charge in [-0.15, -0.1) is 12.4 Å². The molecular formula is C13H18ClFN2O. The van der Waals surface area contributed by atoms with Gasteiger partial charge in [-0.1, -0.05) is 6.07 Å². The number of amides is 1. The van der Waals surface area contributed by atoms with Crippen LogP contribution >= 0.6 is 12.4 Å². The van der Waals surface area contributed by atoms with Gasteiger partial charge >= 0.3 is 0 Å². The van der Waals surface area contributed by atoms with Gasteiger partial charge in [0.1, 0.15) is 5.82 Å². The predicted octanol–water partition coefficient (Wildman–Crippen LogP) is 2.72. The molecule has 1 aromatic carbocycles. The molecule has 1 fully saturated rings. The average molecular weight is 273 g/mol. The number of rotatable bonds is 4. The number of hydrogen-bond acceptors (Lipinski definition) is 2. The molecule has 0 spiro atoms. The Morgan fingerprint density at radius 3 is 3.00 bits per heavy atom. The van der Waals surface area contributed by atoms with Crippen molar-refractivity contribution in [3.05, 3.63) is 30.1 Å². The molecule has 1 unspecified atom stereocenters. The normalized spacial score (nSPS) is 18.2. The molecule has 0 radical (unpaired) electrons. The van der Waals surface area contributed by atoms with E-state index in [-0.39, 0.29) is 24.1 Å². The van der Waals surface area contributed by atoms with Crippen LogP contribution in [0.3, 0.4) is 0 Å². The maximum absolute atomic E-state index is 12.9. The van der Waals surface area contributed by atoms with Crippen LogP contribution < -0.4 is 10.6 Å². The van der Waals surface area contributed by atoms with Gasteiger partial charge in [0.2, 0.25) is 5.91 Å². The van der Waals surface area contributed by atoms with Crippen LogP contribution in [0.25, 0.3) is 0 Å². The van der Waals surface area contributed by atoms with Crippen LogP contribution in [0.1, 0.15) is 25.7 Å². The van der Waals surface area contributed by atoms with Crippen molar-refractivity contribution in [1.82, 2.24) is 5.32 Å². The van der Waals surface area contributed by atoms with Gasteiger partial charge in [0.25, 0.3) is 0 Å². The SMILES string of the molecule is Cl.O=C(CCC1CCCN1)Nc1cccc(F)c1. The molecule has 2 rings (SSSR count). The van der Waals surface area contributed by atoms with Crippen molar-refractivity contribution in [2.24, 2.45) is 0 Å². The Labute approximate surface area is 113 Å². The lowest BCUT2D eigenvalue weighted by Gasteiger charge is -2.10. The minimum absolute atomic E-state index is 0. The molecule has 0 saturated carbocycles. The van der Waals surface area contributed by atoms with Crippen LogP contribution in [0.15, 0.2) is 24.3 Å². The van der Waals surface area contributed by atoms with E-state index in [1.807, 2.05) is 0 Å². The van der Waals surface area contributed by atoms with Crippen LogP contribution in [0.2, 0.25) is 0 Å². The first-order chi connectivity index (χ1) is 8.24. The van der Waals surface area contributed by atoms with E-state index in [1.165, 1.54) is 18.6 Å². The summed E-state index contributed by atoms with van der Waals surface area (Å²) in [5, 5.41) is 6.04. The first-order valence-electron chi connectivity index (χ1n) is 6.03. The lowest BCUT2D eigenvalue weighted by Crippen LogP contribution is -2.23. The monoisotopic (exact) mass is 272 g/mol. The Bertz CT molecular complexity index is 394. The van der Waals surface area contributed by atoms with Crippen LogP contribution in [-0.4, -0.2) is 18.5 Å². The van der Waals surface area contributed by atoms with Crippen molar-refractivity contribution >= 4 is 24.0 Å². The molecular weight excluding hydrogens is 255 g/mol. The Morgan fingerprint density at radius 1 is 1.50 bits per heavy atom. The fourth-order valence-corrected chi connectivity index (χ4v) is 2.10. The second-order valence-corrected chi connectivity index (χ2v) is 4.39. The molecule has 100 valence electrons. The van der Waals surface area contributed by atoms with E-state index in [4.69, 9.17) is 0 Å². The maximum Gasteiger partial charge on any atom is 0.224 e. The van der Waals surface area contributed by atoms with Crippen LogP contribution in [0.4, 0.5) is 10.1 Å². The fraction of sp³-hybridized carbons (Fsp3) is 0.462. The molecule has 0 bridgehead atoms. The maximum atomic E-state index is 12.9. The van der Waals surface area contributed by atoms with Gasteiger partial charge in [-0.25, -0.2) is 4.39 Å². The fourth-order valence-electron chi connectivity index (χ4n) is 2.10. The quantitative estimate of drug-likeness (QED) is 0.885. The highest BCUT2D eigenvalue weighted by Crippen LogP contribution is 2.13. The van der Waals surface area contributed by atoms with Crippen LogP contribution in [0, 0.1) is 5.82 Å². The molecule has 0 aliphatic carbocycles. The summed E-state index contributed by atoms with van der Waals surface area (Å²) < 4.78 is 12.9. The van der Waals surface area contributed by atoms with Gasteiger partial charge in [0.05, 0.1) is 0 Å². The molecule has 18 heavy (non-hydrogen) atoms. The van der Waals surface area contributed by atoms with E-state index in [2.05, 4.69) is 10.6 Å². The number of anilines is 1. The number of carbonyl (C=O) groups excluding carboxylic acids is 1. The summed E-state index contributed by atoms with van der Waals surface area (Å²) in [7, 11) is 0. The average Bonchev–Trinajstić information content (AvgIpc) is 2.79. The topological polar surface area (TPSA) is 41.1 Å². The highest BCUT2D eigenvalue weighted by molar-refractivity contribution is 5.90. The Hall–Kier alpha value is -1.13. The molecule has 1 atom stereocenters. The third-order valence-corrected chi connectivity index (χ3v) is 2.99. The highest BCUT2D eigenvalue weighted by Gasteiger charge is 2.15. The Morgan fingerprint density at radius 2 is 2.33 bits per heavy atom. The lowest BCUT2D eigenvalue weighted by atomic mass is 10.1. The molecule has 1 aliphatic rings. The first-order valence-corrected chi connectivity index (χ1v) is 6.03. The third-order valence-electron chi connectivity index (χ3n) is 2.99. The number of carbonyl (C=O) groups is 1. The molecule has 1 heterocycles. The lowest BCUT2D eigenvalue weighted by molar-refractivity contribution is -0.116. The standard InChI is InChI=1S/C13H17FN2O.ClH/c14-10-3-1-4-12(9-10)16-13(17)7-6-11-5-2-8-15-11;/h1,3-4,9,11,15H,2,5-8H2,(H,16,17);1H. The summed E-state index contributed by atoms with van der Waals surface area (Å²) in [4.78, 5) is 11.6. The van der Waals surface area contributed by atoms with E-state index in [9.17, 15) is 9.18 Å². The summed E-state index contributed by atoms with van der Waals surface area (Å²) >= 11 is 0. The van der Waals surface area contributed by atoms with E-state index in [0.717, 1.165) is 19.4 Å². The largest absolute Gasteiger partial charge is 0.326 e. The van der Waals surface area contributed by atoms with Crippen LogP contribution in [-0.2, 0) is 4.79 Å². The molecule has 1 saturated heterocycles. The zero-order chi connectivity index (χ0) is 12.1. The predicted molar refractivity (Wildman–Crippen MR) is 72.5 cm³/mol. The summed E-state index contributed by atoms with van der Waals surface area (Å²) in [5.41, 5.74) is 0.523. The van der Waals surface area contributed by atoms with Crippen molar-refractivity contribution in [2.75, 3.05) is 11.9 Å². The smallest absolute Gasteiger partial charge is 0.224 e. The minimum atomic E-state index is -0.333. The zero-order valence-electron chi connectivity index (χ0n) is 10.1. The first kappa shape index (κ1) is 14.9. The van der Waals surface area contributed by atoms with Crippen LogP contribution in [0.5, 0.6) is 0 Å². The Balaban J connectivity index is 0.00000162. The van der Waals surface area contributed by atoms with Gasteiger partial charge in [-0.2, -0.15) is 0 Å². The molecule has 2 N–H and O–H groups in total. The molecule has 0 aromatic heterocycles. The van der Waals surface area contributed by atoms with Gasteiger partial charge in [0, 0.05) is 18.2 Å². The van der Waals surface area contributed by atoms with Gasteiger partial charge < -0.3 is 10.6 Å². The van der Waals surface area contributed by atoms with Crippen molar-refractivity contribution in [2.45, 2.75) is 31.7 Å². The zero-order valence-corrected chi connectivity index (χ0v) is 10.9. The molecule has 3 nitrogen and oxygen atoms in total. The second-order valence-electron chi connectivity index (χ2n) is 4.39. The van der Waals surface area contributed by atoms with Crippen molar-refractivity contribution < 1.29 is 9.18 Å². The van der Waals surface area contributed by atoms with E-state index in [1.54, 1.807) is 12.1 Å². The van der Waals surface area contributed by atoms with E-state index >= 15 is 0 Å². The van der Waals surface area contributed by atoms with Crippen molar-refractivity contribution in [3.63, 3.8) is 0 Å². The van der Waals surface area contributed by atoms with Gasteiger partial charge in [-0.3, -0.25) is 4.79 Å². The van der Waals surface area contributed by atoms with Gasteiger partial charge in [-0.05, 0) is 44.0 Å². The summed E-state index contributed by atoms with van der Waals surface area (Å²) in [6, 6.07) is 6.43. The summed E-state index contributed by atoms with van der Waals surface area (Å²) in [5.74, 6) is -0.385. The van der Waals surface area contributed by atoms with E-state index < -0.39 is 0 Å². The minimum Gasteiger partial charge on any atom is -0.326 e. The number of hydrogen-bond donors (Lipinski definition) is 2. The Kier molecular flexibility index (Phi) is 6.09. The van der Waals surface area contributed by atoms with Crippen molar-refractivity contribution in [1.29, 1.82) is 0 Å². The molecule has 5 heteroatoms. The second kappa shape index (κ2) is 7.34. The number of benzene rings is 1. The van der Waals surface area contributed by atoms with Crippen molar-refractivity contribution in [3.8, 4) is 0 Å². The highest BCUT2D eigenvalue weighted by atomic mass is 35.5. The number of halogens is 2. The molecule has 1 aromatic rings. The summed E-state index contributed by atoms with van der Waals surface area (Å²) in [6.45, 7) is 1.05. The molecule has 1 aliphatic heterocycles. The third kappa shape index (κ3) is 4.63. The number of nitrogens with one attached hydrogen (secondary N) is 2. The van der Waals surface area contributed by atoms with Gasteiger partial charge in [0.15, 0.2) is 0 Å². The summed E-state index contributed by atoms with van der Waals surface area (Å²) in [6.07, 6.45) is 3.67.